The third-order valence-electron chi connectivity index (χ3n) is 5.13. The lowest BCUT2D eigenvalue weighted by Crippen LogP contribution is -2.16. The van der Waals surface area contributed by atoms with Crippen molar-refractivity contribution in [1.82, 2.24) is 14.8 Å². The summed E-state index contributed by atoms with van der Waals surface area (Å²) >= 11 is 0. The summed E-state index contributed by atoms with van der Waals surface area (Å²) in [6.45, 7) is 6.09. The minimum absolute atomic E-state index is 0.615. The number of pyridine rings is 1. The van der Waals surface area contributed by atoms with Gasteiger partial charge in [0.05, 0.1) is 11.3 Å². The number of benzene rings is 1. The number of aryl methyl sites for hydroxylation is 3. The standard InChI is InChI=1S/C22H23N5/c1-14-8-10-17(11-9-14)24-21-20(13-23)18-6-4-5-7-19(18)22(25-21)27-16(3)12-15(2)26-27/h8-12H,4-7H2,1-3H3,(H,24,25). The number of anilines is 2. The minimum atomic E-state index is 0.615. The second-order valence-electron chi connectivity index (χ2n) is 7.26. The Labute approximate surface area is 159 Å². The summed E-state index contributed by atoms with van der Waals surface area (Å²) in [7, 11) is 0. The van der Waals surface area contributed by atoms with E-state index in [1.165, 1.54) is 11.1 Å². The summed E-state index contributed by atoms with van der Waals surface area (Å²) in [5.41, 5.74) is 7.10. The highest BCUT2D eigenvalue weighted by atomic mass is 15.3. The molecule has 1 N–H and O–H groups in total. The lowest BCUT2D eigenvalue weighted by molar-refractivity contribution is 0.666. The van der Waals surface area contributed by atoms with Crippen LogP contribution in [0.4, 0.5) is 11.5 Å². The van der Waals surface area contributed by atoms with Crippen molar-refractivity contribution in [2.45, 2.75) is 46.5 Å². The van der Waals surface area contributed by atoms with Crippen LogP contribution in [-0.4, -0.2) is 14.8 Å². The lowest BCUT2D eigenvalue weighted by atomic mass is 9.89. The maximum absolute atomic E-state index is 9.86. The number of nitriles is 1. The Bertz CT molecular complexity index is 1040. The van der Waals surface area contributed by atoms with Crippen LogP contribution in [0.1, 0.15) is 46.5 Å². The molecule has 0 spiro atoms. The second kappa shape index (κ2) is 6.88. The van der Waals surface area contributed by atoms with Crippen molar-refractivity contribution in [3.05, 3.63) is 64.0 Å². The maximum atomic E-state index is 9.86. The van der Waals surface area contributed by atoms with Gasteiger partial charge in [0.2, 0.25) is 0 Å². The van der Waals surface area contributed by atoms with Gasteiger partial charge in [0.15, 0.2) is 11.6 Å². The van der Waals surface area contributed by atoms with Gasteiger partial charge in [0.25, 0.3) is 0 Å². The van der Waals surface area contributed by atoms with E-state index in [0.29, 0.717) is 11.4 Å². The molecule has 3 aromatic rings. The van der Waals surface area contributed by atoms with E-state index in [1.54, 1.807) is 0 Å². The minimum Gasteiger partial charge on any atom is -0.339 e. The molecule has 136 valence electrons. The highest BCUT2D eigenvalue weighted by Crippen LogP contribution is 2.33. The van der Waals surface area contributed by atoms with E-state index in [2.05, 4.69) is 41.6 Å². The molecule has 5 nitrogen and oxygen atoms in total. The van der Waals surface area contributed by atoms with Crippen molar-refractivity contribution >= 4 is 11.5 Å². The van der Waals surface area contributed by atoms with Crippen molar-refractivity contribution in [3.8, 4) is 11.9 Å². The Balaban J connectivity index is 1.90. The molecule has 0 fully saturated rings. The van der Waals surface area contributed by atoms with Gasteiger partial charge in [0, 0.05) is 16.9 Å². The molecule has 0 unspecified atom stereocenters. The first-order chi connectivity index (χ1) is 13.1. The Kier molecular flexibility index (Phi) is 4.41. The van der Waals surface area contributed by atoms with E-state index in [1.807, 2.05) is 30.7 Å². The number of fused-ring (bicyclic) bond motifs is 1. The first kappa shape index (κ1) is 17.3. The van der Waals surface area contributed by atoms with E-state index in [4.69, 9.17) is 4.98 Å². The monoisotopic (exact) mass is 357 g/mol. The third-order valence-corrected chi connectivity index (χ3v) is 5.13. The van der Waals surface area contributed by atoms with Crippen molar-refractivity contribution in [2.75, 3.05) is 5.32 Å². The van der Waals surface area contributed by atoms with Gasteiger partial charge in [0.1, 0.15) is 6.07 Å². The van der Waals surface area contributed by atoms with E-state index >= 15 is 0 Å². The highest BCUT2D eigenvalue weighted by molar-refractivity contribution is 5.68. The smallest absolute Gasteiger partial charge is 0.159 e. The summed E-state index contributed by atoms with van der Waals surface area (Å²) in [6, 6.07) is 12.6. The molecule has 0 saturated heterocycles. The van der Waals surface area contributed by atoms with Gasteiger partial charge in [-0.2, -0.15) is 10.4 Å². The summed E-state index contributed by atoms with van der Waals surface area (Å²) in [4.78, 5) is 4.89. The SMILES string of the molecule is Cc1ccc(Nc2nc(-n3nc(C)cc3C)c3c(c2C#N)CCCC3)cc1. The average molecular weight is 357 g/mol. The van der Waals surface area contributed by atoms with E-state index in [-0.39, 0.29) is 0 Å². The molecule has 0 saturated carbocycles. The highest BCUT2D eigenvalue weighted by Gasteiger charge is 2.24. The molecule has 2 heterocycles. The molecular formula is C22H23N5. The van der Waals surface area contributed by atoms with Gasteiger partial charge in [-0.25, -0.2) is 9.67 Å². The average Bonchev–Trinajstić information content (AvgIpc) is 3.01. The molecule has 2 aromatic heterocycles. The van der Waals surface area contributed by atoms with Crippen molar-refractivity contribution in [2.24, 2.45) is 0 Å². The predicted octanol–water partition coefficient (Wildman–Crippen LogP) is 4.69. The van der Waals surface area contributed by atoms with Crippen molar-refractivity contribution in [1.29, 1.82) is 5.26 Å². The van der Waals surface area contributed by atoms with Gasteiger partial charge >= 0.3 is 0 Å². The van der Waals surface area contributed by atoms with Gasteiger partial charge in [-0.3, -0.25) is 0 Å². The van der Waals surface area contributed by atoms with Crippen LogP contribution in [0.5, 0.6) is 0 Å². The number of aromatic nitrogens is 3. The van der Waals surface area contributed by atoms with E-state index in [9.17, 15) is 5.26 Å². The Morgan fingerprint density at radius 1 is 1.04 bits per heavy atom. The van der Waals surface area contributed by atoms with E-state index in [0.717, 1.165) is 54.1 Å². The molecule has 0 atom stereocenters. The number of hydrogen-bond acceptors (Lipinski definition) is 4. The largest absolute Gasteiger partial charge is 0.339 e. The van der Waals surface area contributed by atoms with Crippen LogP contribution in [0.15, 0.2) is 30.3 Å². The lowest BCUT2D eigenvalue weighted by Gasteiger charge is -2.23. The number of nitrogens with zero attached hydrogens (tertiary/aromatic N) is 4. The summed E-state index contributed by atoms with van der Waals surface area (Å²) < 4.78 is 1.92. The van der Waals surface area contributed by atoms with Crippen LogP contribution in [0, 0.1) is 32.1 Å². The Morgan fingerprint density at radius 3 is 2.37 bits per heavy atom. The fourth-order valence-electron chi connectivity index (χ4n) is 3.80. The first-order valence-corrected chi connectivity index (χ1v) is 9.40. The van der Waals surface area contributed by atoms with Crippen LogP contribution in [0.2, 0.25) is 0 Å². The van der Waals surface area contributed by atoms with Gasteiger partial charge < -0.3 is 5.32 Å². The van der Waals surface area contributed by atoms with Gasteiger partial charge in [-0.05, 0) is 70.2 Å². The molecule has 1 aliphatic carbocycles. The molecule has 27 heavy (non-hydrogen) atoms. The molecule has 5 heteroatoms. The van der Waals surface area contributed by atoms with Crippen LogP contribution < -0.4 is 5.32 Å². The third kappa shape index (κ3) is 3.19. The van der Waals surface area contributed by atoms with Crippen LogP contribution in [0.25, 0.3) is 5.82 Å². The van der Waals surface area contributed by atoms with Crippen LogP contribution in [-0.2, 0) is 12.8 Å². The number of hydrogen-bond donors (Lipinski definition) is 1. The number of rotatable bonds is 3. The fourth-order valence-corrected chi connectivity index (χ4v) is 3.80. The zero-order valence-electron chi connectivity index (χ0n) is 16.0. The molecule has 4 rings (SSSR count). The zero-order chi connectivity index (χ0) is 19.0. The molecular weight excluding hydrogens is 334 g/mol. The van der Waals surface area contributed by atoms with Crippen LogP contribution in [0.3, 0.4) is 0 Å². The molecule has 0 bridgehead atoms. The quantitative estimate of drug-likeness (QED) is 0.739. The van der Waals surface area contributed by atoms with E-state index < -0.39 is 0 Å². The van der Waals surface area contributed by atoms with Crippen molar-refractivity contribution in [3.63, 3.8) is 0 Å². The Hall–Kier alpha value is -3.13. The van der Waals surface area contributed by atoms with Gasteiger partial charge in [-0.15, -0.1) is 0 Å². The molecule has 1 aromatic carbocycles. The topological polar surface area (TPSA) is 66.5 Å². The normalized spacial score (nSPS) is 13.1. The summed E-state index contributed by atoms with van der Waals surface area (Å²) in [5.74, 6) is 1.47. The summed E-state index contributed by atoms with van der Waals surface area (Å²) in [5, 5.41) is 17.9. The first-order valence-electron chi connectivity index (χ1n) is 9.40. The Morgan fingerprint density at radius 2 is 1.74 bits per heavy atom. The summed E-state index contributed by atoms with van der Waals surface area (Å²) in [6.07, 6.45) is 4.08. The van der Waals surface area contributed by atoms with Crippen molar-refractivity contribution < 1.29 is 0 Å². The van der Waals surface area contributed by atoms with Crippen LogP contribution >= 0.6 is 0 Å². The fraction of sp³-hybridized carbons (Fsp3) is 0.318. The molecule has 0 radical (unpaired) electrons. The molecule has 0 aliphatic heterocycles. The maximum Gasteiger partial charge on any atom is 0.159 e. The predicted molar refractivity (Wildman–Crippen MR) is 107 cm³/mol. The number of nitrogens with one attached hydrogen (secondary N) is 1. The molecule has 1 aliphatic rings. The zero-order valence-corrected chi connectivity index (χ0v) is 16.0. The molecule has 0 amide bonds. The van der Waals surface area contributed by atoms with Gasteiger partial charge in [-0.1, -0.05) is 17.7 Å². The second-order valence-corrected chi connectivity index (χ2v) is 7.26.